The number of carbonyl (C=O) groups excluding carboxylic acids is 2. The van der Waals surface area contributed by atoms with E-state index in [-0.39, 0.29) is 18.4 Å². The SMILES string of the molecule is O=C(/C=C/c1cc(Cl)ccc1-n1cnnn1)NC(CC(=O)N1CCC[C@H]1c1ccncc1)c1nc(-c2ccccc2)c(Cl)[nH]1. The molecule has 0 aliphatic carbocycles. The van der Waals surface area contributed by atoms with Crippen molar-refractivity contribution in [2.75, 3.05) is 6.54 Å². The second-order valence-corrected chi connectivity index (χ2v) is 11.0. The molecule has 1 unspecified atom stereocenters. The van der Waals surface area contributed by atoms with Crippen molar-refractivity contribution in [2.45, 2.75) is 31.3 Å². The zero-order chi connectivity index (χ0) is 30.5. The minimum atomic E-state index is -0.786. The van der Waals surface area contributed by atoms with Gasteiger partial charge >= 0.3 is 0 Å². The maximum absolute atomic E-state index is 13.8. The number of imidazole rings is 1. The molecule has 1 saturated heterocycles. The Morgan fingerprint density at radius 1 is 1.09 bits per heavy atom. The van der Waals surface area contributed by atoms with Crippen LogP contribution in [0.1, 0.15) is 48.3 Å². The number of H-pyrrole nitrogens is 1. The number of tetrazole rings is 1. The lowest BCUT2D eigenvalue weighted by Crippen LogP contribution is -2.36. The first-order valence-corrected chi connectivity index (χ1v) is 14.7. The highest BCUT2D eigenvalue weighted by molar-refractivity contribution is 6.32. The normalized spacial score (nSPS) is 15.5. The smallest absolute Gasteiger partial charge is 0.244 e. The molecule has 0 saturated carbocycles. The minimum absolute atomic E-state index is 0.0216. The van der Waals surface area contributed by atoms with E-state index in [4.69, 9.17) is 28.2 Å². The molecule has 0 radical (unpaired) electrons. The third-order valence-corrected chi connectivity index (χ3v) is 7.92. The van der Waals surface area contributed by atoms with Crippen molar-refractivity contribution in [3.8, 4) is 16.9 Å². The van der Waals surface area contributed by atoms with Gasteiger partial charge in [0.25, 0.3) is 0 Å². The number of pyridine rings is 1. The highest BCUT2D eigenvalue weighted by atomic mass is 35.5. The molecular formula is C31H27Cl2N9O2. The molecule has 0 bridgehead atoms. The van der Waals surface area contributed by atoms with Gasteiger partial charge in [-0.1, -0.05) is 53.5 Å². The molecule has 1 fully saturated rings. The number of halogens is 2. The van der Waals surface area contributed by atoms with E-state index in [1.165, 1.54) is 17.1 Å². The molecule has 11 nitrogen and oxygen atoms in total. The molecule has 1 aliphatic rings. The molecule has 3 aromatic heterocycles. The van der Waals surface area contributed by atoms with Crippen LogP contribution < -0.4 is 5.32 Å². The van der Waals surface area contributed by atoms with E-state index < -0.39 is 11.9 Å². The molecule has 2 N–H and O–H groups in total. The standard InChI is InChI=1S/C31H27Cl2N9O2/c32-23-9-10-26(42-19-35-39-40-42)22(17-23)8-11-27(43)36-24(31-37-29(30(33)38-31)21-5-2-1-3-6-21)18-28(44)41-16-4-7-25(41)20-12-14-34-15-13-20/h1-3,5-6,8-15,17,19,24-25H,4,7,16,18H2,(H,36,43)(H,37,38)/b11-8+/t24?,25-/m0/s1. The third-order valence-electron chi connectivity index (χ3n) is 7.41. The van der Waals surface area contributed by atoms with Gasteiger partial charge in [-0.05, 0) is 65.2 Å². The summed E-state index contributed by atoms with van der Waals surface area (Å²) in [5, 5.41) is 15.1. The van der Waals surface area contributed by atoms with E-state index >= 15 is 0 Å². The van der Waals surface area contributed by atoms with Gasteiger partial charge < -0.3 is 15.2 Å². The number of hydrogen-bond acceptors (Lipinski definition) is 7. The van der Waals surface area contributed by atoms with E-state index in [0.717, 1.165) is 24.0 Å². The van der Waals surface area contributed by atoms with E-state index in [9.17, 15) is 9.59 Å². The highest BCUT2D eigenvalue weighted by Gasteiger charge is 2.32. The molecule has 6 rings (SSSR count). The summed E-state index contributed by atoms with van der Waals surface area (Å²) in [5.74, 6) is -0.171. The van der Waals surface area contributed by atoms with E-state index in [1.807, 2.05) is 47.4 Å². The van der Waals surface area contributed by atoms with Crippen LogP contribution in [-0.4, -0.2) is 58.4 Å². The summed E-state index contributed by atoms with van der Waals surface area (Å²) in [7, 11) is 0. The van der Waals surface area contributed by atoms with E-state index in [0.29, 0.717) is 39.5 Å². The Hall–Kier alpha value is -4.87. The average Bonchev–Trinajstić information content (AvgIpc) is 3.82. The van der Waals surface area contributed by atoms with E-state index in [2.05, 4.69) is 30.8 Å². The summed E-state index contributed by atoms with van der Waals surface area (Å²) in [6.45, 7) is 0.620. The van der Waals surface area contributed by atoms with Crippen molar-refractivity contribution in [2.24, 2.45) is 0 Å². The predicted molar refractivity (Wildman–Crippen MR) is 166 cm³/mol. The van der Waals surface area contributed by atoms with Gasteiger partial charge in [0.1, 0.15) is 23.0 Å². The van der Waals surface area contributed by atoms with Crippen molar-refractivity contribution in [1.82, 2.24) is 45.4 Å². The molecule has 222 valence electrons. The topological polar surface area (TPSA) is 135 Å². The number of likely N-dealkylation sites (tertiary alicyclic amines) is 1. The Morgan fingerprint density at radius 2 is 1.91 bits per heavy atom. The fourth-order valence-electron chi connectivity index (χ4n) is 5.35. The first-order valence-electron chi connectivity index (χ1n) is 14.0. The van der Waals surface area contributed by atoms with Crippen LogP contribution in [-0.2, 0) is 9.59 Å². The number of nitrogens with zero attached hydrogens (tertiary/aromatic N) is 7. The molecule has 2 amide bonds. The summed E-state index contributed by atoms with van der Waals surface area (Å²) in [5.41, 5.74) is 3.63. The number of carbonyl (C=O) groups is 2. The predicted octanol–water partition coefficient (Wildman–Crippen LogP) is 5.38. The number of nitrogens with one attached hydrogen (secondary N) is 2. The summed E-state index contributed by atoms with van der Waals surface area (Å²) < 4.78 is 1.47. The fraction of sp³-hybridized carbons (Fsp3) is 0.194. The maximum atomic E-state index is 13.8. The van der Waals surface area contributed by atoms with Gasteiger partial charge in [-0.2, -0.15) is 4.68 Å². The minimum Gasteiger partial charge on any atom is -0.342 e. The van der Waals surface area contributed by atoms with Crippen LogP contribution >= 0.6 is 23.2 Å². The molecule has 1 aliphatic heterocycles. The van der Waals surface area contributed by atoms with Crippen molar-refractivity contribution in [3.05, 3.63) is 113 Å². The number of aromatic nitrogens is 7. The quantitative estimate of drug-likeness (QED) is 0.209. The van der Waals surface area contributed by atoms with E-state index in [1.54, 1.807) is 36.7 Å². The maximum Gasteiger partial charge on any atom is 0.244 e. The zero-order valence-corrected chi connectivity index (χ0v) is 24.9. The molecule has 13 heteroatoms. The van der Waals surface area contributed by atoms with Crippen LogP contribution in [0.25, 0.3) is 23.0 Å². The van der Waals surface area contributed by atoms with Crippen molar-refractivity contribution < 1.29 is 9.59 Å². The molecular weight excluding hydrogens is 601 g/mol. The Balaban J connectivity index is 1.27. The highest BCUT2D eigenvalue weighted by Crippen LogP contribution is 2.34. The first kappa shape index (κ1) is 29.2. The van der Waals surface area contributed by atoms with Gasteiger partial charge in [0, 0.05) is 41.2 Å². The Bertz CT molecular complexity index is 1780. The van der Waals surface area contributed by atoms with Crippen molar-refractivity contribution >= 4 is 41.1 Å². The molecule has 0 spiro atoms. The van der Waals surface area contributed by atoms with Gasteiger partial charge in [0.15, 0.2) is 0 Å². The summed E-state index contributed by atoms with van der Waals surface area (Å²) in [4.78, 5) is 40.9. The van der Waals surface area contributed by atoms with Crippen LogP contribution in [0.4, 0.5) is 0 Å². The molecule has 4 heterocycles. The van der Waals surface area contributed by atoms with Gasteiger partial charge in [0.05, 0.1) is 24.2 Å². The molecule has 5 aromatic rings. The number of amides is 2. The third kappa shape index (κ3) is 6.53. The summed E-state index contributed by atoms with van der Waals surface area (Å²) in [6.07, 6.45) is 9.60. The zero-order valence-electron chi connectivity index (χ0n) is 23.3. The monoisotopic (exact) mass is 627 g/mol. The molecule has 44 heavy (non-hydrogen) atoms. The summed E-state index contributed by atoms with van der Waals surface area (Å²) >= 11 is 12.8. The number of rotatable bonds is 9. The lowest BCUT2D eigenvalue weighted by Gasteiger charge is -2.27. The van der Waals surface area contributed by atoms with Crippen molar-refractivity contribution in [1.29, 1.82) is 0 Å². The second-order valence-electron chi connectivity index (χ2n) is 10.2. The fourth-order valence-corrected chi connectivity index (χ4v) is 5.78. The lowest BCUT2D eigenvalue weighted by atomic mass is 10.1. The van der Waals surface area contributed by atoms with Crippen LogP contribution in [0.5, 0.6) is 0 Å². The Kier molecular flexibility index (Phi) is 8.76. The number of benzene rings is 2. The van der Waals surface area contributed by atoms with Crippen LogP contribution in [0.3, 0.4) is 0 Å². The Labute approximate surface area is 262 Å². The first-order chi connectivity index (χ1) is 21.5. The van der Waals surface area contributed by atoms with Crippen LogP contribution in [0.2, 0.25) is 10.2 Å². The molecule has 2 atom stereocenters. The van der Waals surface area contributed by atoms with Crippen LogP contribution in [0, 0.1) is 0 Å². The number of hydrogen-bond donors (Lipinski definition) is 2. The van der Waals surface area contributed by atoms with Gasteiger partial charge in [0.2, 0.25) is 11.8 Å². The van der Waals surface area contributed by atoms with Gasteiger partial charge in [-0.3, -0.25) is 14.6 Å². The lowest BCUT2D eigenvalue weighted by molar-refractivity contribution is -0.133. The summed E-state index contributed by atoms with van der Waals surface area (Å²) in [6, 6.07) is 17.6. The molecule has 2 aromatic carbocycles. The second kappa shape index (κ2) is 13.2. The van der Waals surface area contributed by atoms with Gasteiger partial charge in [-0.25, -0.2) is 4.98 Å². The average molecular weight is 629 g/mol. The number of aromatic amines is 1. The largest absolute Gasteiger partial charge is 0.342 e. The van der Waals surface area contributed by atoms with Gasteiger partial charge in [-0.15, -0.1) is 5.10 Å². The Morgan fingerprint density at radius 3 is 2.68 bits per heavy atom. The van der Waals surface area contributed by atoms with Crippen LogP contribution in [0.15, 0.2) is 85.5 Å². The van der Waals surface area contributed by atoms with Crippen molar-refractivity contribution in [3.63, 3.8) is 0 Å².